The second-order valence-electron chi connectivity index (χ2n) is 5.15. The fourth-order valence-corrected chi connectivity index (χ4v) is 2.73. The fraction of sp³-hybridized carbons (Fsp3) is 0.188. The first-order chi connectivity index (χ1) is 10.1. The van der Waals surface area contributed by atoms with Crippen LogP contribution in [0.15, 0.2) is 42.5 Å². The van der Waals surface area contributed by atoms with Crippen LogP contribution >= 0.6 is 0 Å². The minimum absolute atomic E-state index is 0.203. The number of hydrogen-bond acceptors (Lipinski definition) is 4. The lowest BCUT2D eigenvalue weighted by molar-refractivity contribution is -0.139. The average Bonchev–Trinajstić information content (AvgIpc) is 2.48. The summed E-state index contributed by atoms with van der Waals surface area (Å²) < 4.78 is 0. The third-order valence-corrected chi connectivity index (χ3v) is 3.77. The molecule has 0 aliphatic carbocycles. The van der Waals surface area contributed by atoms with Gasteiger partial charge in [0, 0.05) is 0 Å². The SMILES string of the molecule is O=C(O)[C@@H]1Cc2cc(O)c(O)cc2[C@H](c2ccccc2)N1. The summed E-state index contributed by atoms with van der Waals surface area (Å²) in [6, 6.07) is 11.3. The predicted octanol–water partition coefficient (Wildman–Crippen LogP) is 1.79. The van der Waals surface area contributed by atoms with Crippen LogP contribution < -0.4 is 5.32 Å². The van der Waals surface area contributed by atoms with E-state index in [1.165, 1.54) is 12.1 Å². The van der Waals surface area contributed by atoms with Crippen molar-refractivity contribution < 1.29 is 20.1 Å². The van der Waals surface area contributed by atoms with Crippen molar-refractivity contribution in [3.63, 3.8) is 0 Å². The van der Waals surface area contributed by atoms with Gasteiger partial charge in [-0.25, -0.2) is 0 Å². The quantitative estimate of drug-likeness (QED) is 0.632. The number of aliphatic carboxylic acids is 1. The highest BCUT2D eigenvalue weighted by molar-refractivity contribution is 5.75. The Bertz CT molecular complexity index is 684. The largest absolute Gasteiger partial charge is 0.504 e. The van der Waals surface area contributed by atoms with Gasteiger partial charge in [-0.05, 0) is 35.2 Å². The third kappa shape index (κ3) is 2.43. The molecule has 5 heteroatoms. The van der Waals surface area contributed by atoms with E-state index in [0.717, 1.165) is 16.7 Å². The molecule has 3 rings (SSSR count). The Morgan fingerprint density at radius 3 is 2.43 bits per heavy atom. The molecule has 5 nitrogen and oxygen atoms in total. The Balaban J connectivity index is 2.12. The molecule has 1 aliphatic heterocycles. The van der Waals surface area contributed by atoms with Crippen molar-refractivity contribution in [3.05, 3.63) is 59.2 Å². The van der Waals surface area contributed by atoms with E-state index in [-0.39, 0.29) is 24.0 Å². The molecule has 0 radical (unpaired) electrons. The Kier molecular flexibility index (Phi) is 3.27. The van der Waals surface area contributed by atoms with Crippen molar-refractivity contribution in [2.24, 2.45) is 0 Å². The number of benzene rings is 2. The van der Waals surface area contributed by atoms with E-state index in [2.05, 4.69) is 5.32 Å². The maximum atomic E-state index is 11.3. The Morgan fingerprint density at radius 1 is 1.10 bits per heavy atom. The van der Waals surface area contributed by atoms with Gasteiger partial charge in [-0.3, -0.25) is 10.1 Å². The van der Waals surface area contributed by atoms with Crippen LogP contribution in [0.3, 0.4) is 0 Å². The van der Waals surface area contributed by atoms with E-state index in [1.807, 2.05) is 30.3 Å². The molecule has 0 spiro atoms. The van der Waals surface area contributed by atoms with Crippen LogP contribution in [-0.4, -0.2) is 27.3 Å². The van der Waals surface area contributed by atoms with Gasteiger partial charge in [0.15, 0.2) is 11.5 Å². The van der Waals surface area contributed by atoms with Crippen LogP contribution in [0.25, 0.3) is 0 Å². The second-order valence-corrected chi connectivity index (χ2v) is 5.15. The predicted molar refractivity (Wildman–Crippen MR) is 76.3 cm³/mol. The minimum Gasteiger partial charge on any atom is -0.504 e. The summed E-state index contributed by atoms with van der Waals surface area (Å²) in [6.45, 7) is 0. The van der Waals surface area contributed by atoms with Crippen LogP contribution in [-0.2, 0) is 11.2 Å². The highest BCUT2D eigenvalue weighted by Gasteiger charge is 2.32. The molecule has 0 saturated heterocycles. The number of carbonyl (C=O) groups is 1. The van der Waals surface area contributed by atoms with Crippen LogP contribution in [0.2, 0.25) is 0 Å². The summed E-state index contributed by atoms with van der Waals surface area (Å²) in [5, 5.41) is 31.7. The summed E-state index contributed by atoms with van der Waals surface area (Å²) in [5.41, 5.74) is 2.43. The highest BCUT2D eigenvalue weighted by Crippen LogP contribution is 2.37. The van der Waals surface area contributed by atoms with Crippen LogP contribution in [0.1, 0.15) is 22.7 Å². The zero-order valence-electron chi connectivity index (χ0n) is 11.2. The molecule has 108 valence electrons. The first-order valence-corrected chi connectivity index (χ1v) is 6.65. The van der Waals surface area contributed by atoms with Gasteiger partial charge in [0.25, 0.3) is 0 Å². The van der Waals surface area contributed by atoms with Gasteiger partial charge in [0.05, 0.1) is 6.04 Å². The molecule has 0 amide bonds. The molecule has 2 atom stereocenters. The maximum Gasteiger partial charge on any atom is 0.321 e. The monoisotopic (exact) mass is 285 g/mol. The van der Waals surface area contributed by atoms with Gasteiger partial charge >= 0.3 is 5.97 Å². The van der Waals surface area contributed by atoms with E-state index in [0.29, 0.717) is 0 Å². The Morgan fingerprint density at radius 2 is 1.76 bits per heavy atom. The fourth-order valence-electron chi connectivity index (χ4n) is 2.73. The van der Waals surface area contributed by atoms with Gasteiger partial charge < -0.3 is 15.3 Å². The second kappa shape index (κ2) is 5.10. The van der Waals surface area contributed by atoms with Gasteiger partial charge in [-0.2, -0.15) is 0 Å². The van der Waals surface area contributed by atoms with Crippen molar-refractivity contribution in [3.8, 4) is 11.5 Å². The molecule has 0 bridgehead atoms. The molecule has 0 aromatic heterocycles. The number of nitrogens with one attached hydrogen (secondary N) is 1. The van der Waals surface area contributed by atoms with Crippen molar-refractivity contribution in [2.45, 2.75) is 18.5 Å². The van der Waals surface area contributed by atoms with Crippen molar-refractivity contribution in [1.82, 2.24) is 5.32 Å². The first-order valence-electron chi connectivity index (χ1n) is 6.65. The Hall–Kier alpha value is -2.53. The van der Waals surface area contributed by atoms with Crippen LogP contribution in [0, 0.1) is 0 Å². The molecule has 4 N–H and O–H groups in total. The van der Waals surface area contributed by atoms with Gasteiger partial charge in [-0.1, -0.05) is 30.3 Å². The molecule has 1 aliphatic rings. The molecule has 1 heterocycles. The zero-order chi connectivity index (χ0) is 15.0. The number of carboxylic acids is 1. The molecular weight excluding hydrogens is 270 g/mol. The number of phenolic OH excluding ortho intramolecular Hbond substituents is 2. The van der Waals surface area contributed by atoms with E-state index in [1.54, 1.807) is 0 Å². The van der Waals surface area contributed by atoms with Crippen molar-refractivity contribution in [2.75, 3.05) is 0 Å². The molecule has 2 aromatic carbocycles. The maximum absolute atomic E-state index is 11.3. The number of carboxylic acid groups (broad SMARTS) is 1. The molecule has 0 saturated carbocycles. The lowest BCUT2D eigenvalue weighted by Gasteiger charge is -2.31. The topological polar surface area (TPSA) is 89.8 Å². The van der Waals surface area contributed by atoms with E-state index >= 15 is 0 Å². The summed E-state index contributed by atoms with van der Waals surface area (Å²) in [5.74, 6) is -1.37. The normalized spacial score (nSPS) is 20.8. The summed E-state index contributed by atoms with van der Waals surface area (Å²) in [6.07, 6.45) is 0.266. The molecule has 0 unspecified atom stereocenters. The first kappa shape index (κ1) is 13.5. The highest BCUT2D eigenvalue weighted by atomic mass is 16.4. The van der Waals surface area contributed by atoms with Gasteiger partial charge in [0.1, 0.15) is 6.04 Å². The summed E-state index contributed by atoms with van der Waals surface area (Å²) in [7, 11) is 0. The smallest absolute Gasteiger partial charge is 0.321 e. The zero-order valence-corrected chi connectivity index (χ0v) is 11.2. The number of fused-ring (bicyclic) bond motifs is 1. The lowest BCUT2D eigenvalue weighted by Crippen LogP contribution is -2.45. The number of phenols is 2. The van der Waals surface area contributed by atoms with Crippen LogP contribution in [0.5, 0.6) is 11.5 Å². The average molecular weight is 285 g/mol. The molecule has 0 fully saturated rings. The van der Waals surface area contributed by atoms with Crippen molar-refractivity contribution >= 4 is 5.97 Å². The molecular formula is C16H15NO4. The molecule has 2 aromatic rings. The number of rotatable bonds is 2. The van der Waals surface area contributed by atoms with Gasteiger partial charge in [-0.15, -0.1) is 0 Å². The summed E-state index contributed by atoms with van der Waals surface area (Å²) >= 11 is 0. The molecule has 21 heavy (non-hydrogen) atoms. The minimum atomic E-state index is -0.936. The third-order valence-electron chi connectivity index (χ3n) is 3.77. The van der Waals surface area contributed by atoms with E-state index in [9.17, 15) is 20.1 Å². The number of hydrogen-bond donors (Lipinski definition) is 4. The van der Waals surface area contributed by atoms with E-state index in [4.69, 9.17) is 0 Å². The van der Waals surface area contributed by atoms with E-state index < -0.39 is 12.0 Å². The lowest BCUT2D eigenvalue weighted by atomic mass is 9.86. The number of aromatic hydroxyl groups is 2. The van der Waals surface area contributed by atoms with Crippen molar-refractivity contribution in [1.29, 1.82) is 0 Å². The van der Waals surface area contributed by atoms with Gasteiger partial charge in [0.2, 0.25) is 0 Å². The van der Waals surface area contributed by atoms with Crippen LogP contribution in [0.4, 0.5) is 0 Å². The Labute approximate surface area is 121 Å². The standard InChI is InChI=1S/C16H15NO4/c18-13-7-10-6-12(16(20)21)17-15(11(10)8-14(13)19)9-4-2-1-3-5-9/h1-5,7-8,12,15,17-19H,6H2,(H,20,21)/t12-,15-/m0/s1. The summed E-state index contributed by atoms with van der Waals surface area (Å²) in [4.78, 5) is 11.3.